The maximum absolute atomic E-state index is 13.5. The fourth-order valence-corrected chi connectivity index (χ4v) is 3.05. The minimum absolute atomic E-state index is 0.298. The lowest BCUT2D eigenvalue weighted by Crippen LogP contribution is -2.17. The van der Waals surface area contributed by atoms with Crippen LogP contribution in [0.25, 0.3) is 10.2 Å². The van der Waals surface area contributed by atoms with Crippen LogP contribution in [0.5, 0.6) is 0 Å². The average molecular weight is 319 g/mol. The third kappa shape index (κ3) is 2.33. The first-order valence-corrected chi connectivity index (χ1v) is 7.26. The van der Waals surface area contributed by atoms with E-state index in [4.69, 9.17) is 0 Å². The zero-order valence-corrected chi connectivity index (χ0v) is 12.6. The van der Waals surface area contributed by atoms with Crippen molar-refractivity contribution in [2.24, 2.45) is 5.10 Å². The predicted molar refractivity (Wildman–Crippen MR) is 82.7 cm³/mol. The Morgan fingerprint density at radius 3 is 2.64 bits per heavy atom. The van der Waals surface area contributed by atoms with Gasteiger partial charge in [-0.3, -0.25) is 4.79 Å². The fraction of sp³-hybridized carbons (Fsp3) is 0.133. The second-order valence-electron chi connectivity index (χ2n) is 4.74. The summed E-state index contributed by atoms with van der Waals surface area (Å²) in [4.78, 5) is 18.2. The van der Waals surface area contributed by atoms with Gasteiger partial charge in [0.2, 0.25) is 0 Å². The minimum atomic E-state index is -0.742. The molecule has 112 valence electrons. The van der Waals surface area contributed by atoms with E-state index in [1.807, 2.05) is 13.8 Å². The Balaban J connectivity index is 2.12. The minimum Gasteiger partial charge on any atom is -0.267 e. The highest BCUT2D eigenvalue weighted by Crippen LogP contribution is 2.25. The number of halogens is 2. The van der Waals surface area contributed by atoms with Crippen molar-refractivity contribution in [3.63, 3.8) is 0 Å². The highest BCUT2D eigenvalue weighted by molar-refractivity contribution is 7.18. The van der Waals surface area contributed by atoms with Gasteiger partial charge < -0.3 is 0 Å². The molecule has 4 nitrogen and oxygen atoms in total. The number of benzene rings is 1. The number of aromatic nitrogens is 2. The molecule has 0 spiro atoms. The average Bonchev–Trinajstić information content (AvgIpc) is 2.76. The zero-order chi connectivity index (χ0) is 15.9. The van der Waals surface area contributed by atoms with Crippen molar-refractivity contribution in [2.45, 2.75) is 13.8 Å². The summed E-state index contributed by atoms with van der Waals surface area (Å²) >= 11 is 1.42. The van der Waals surface area contributed by atoms with Crippen molar-refractivity contribution in [2.75, 3.05) is 0 Å². The van der Waals surface area contributed by atoms with Crippen molar-refractivity contribution in [3.05, 3.63) is 62.5 Å². The number of aryl methyl sites for hydroxylation is 2. The molecule has 0 fully saturated rings. The van der Waals surface area contributed by atoms with Gasteiger partial charge >= 0.3 is 0 Å². The molecule has 0 saturated heterocycles. The van der Waals surface area contributed by atoms with Gasteiger partial charge in [-0.1, -0.05) is 6.07 Å². The number of rotatable bonds is 2. The molecule has 0 amide bonds. The molecule has 7 heteroatoms. The van der Waals surface area contributed by atoms with Crippen LogP contribution in [-0.2, 0) is 0 Å². The summed E-state index contributed by atoms with van der Waals surface area (Å²) in [7, 11) is 0. The van der Waals surface area contributed by atoms with Crippen LogP contribution in [0.1, 0.15) is 16.0 Å². The third-order valence-electron chi connectivity index (χ3n) is 3.38. The Morgan fingerprint density at radius 2 is 1.95 bits per heavy atom. The lowest BCUT2D eigenvalue weighted by atomic mass is 10.2. The summed E-state index contributed by atoms with van der Waals surface area (Å²) in [6, 6.07) is 3.52. The molecular formula is C15H11F2N3OS. The highest BCUT2D eigenvalue weighted by Gasteiger charge is 2.12. The Hall–Kier alpha value is -2.41. The largest absolute Gasteiger partial charge is 0.282 e. The van der Waals surface area contributed by atoms with E-state index in [1.54, 1.807) is 0 Å². The van der Waals surface area contributed by atoms with Crippen LogP contribution in [0.15, 0.2) is 34.4 Å². The van der Waals surface area contributed by atoms with Crippen molar-refractivity contribution in [3.8, 4) is 0 Å². The molecule has 0 N–H and O–H groups in total. The standard InChI is InChI=1S/C15H11F2N3OS/c1-8-9(2)22-14-13(8)15(21)20(7-18-14)19-6-10-11(16)4-3-5-12(10)17/h3-7H,1-2H3/b19-6+. The van der Waals surface area contributed by atoms with Crippen LogP contribution < -0.4 is 5.56 Å². The van der Waals surface area contributed by atoms with Crippen LogP contribution in [0.4, 0.5) is 8.78 Å². The summed E-state index contributed by atoms with van der Waals surface area (Å²) < 4.78 is 28.1. The van der Waals surface area contributed by atoms with Gasteiger partial charge in [0.25, 0.3) is 5.56 Å². The third-order valence-corrected chi connectivity index (χ3v) is 4.50. The van der Waals surface area contributed by atoms with Gasteiger partial charge in [-0.25, -0.2) is 13.8 Å². The maximum atomic E-state index is 13.5. The Bertz CT molecular complexity index is 939. The van der Waals surface area contributed by atoms with Crippen molar-refractivity contribution in [1.29, 1.82) is 0 Å². The predicted octanol–water partition coefficient (Wildman–Crippen LogP) is 3.24. The van der Waals surface area contributed by atoms with Crippen LogP contribution in [0.3, 0.4) is 0 Å². The lowest BCUT2D eigenvalue weighted by Gasteiger charge is -2.00. The van der Waals surface area contributed by atoms with E-state index in [1.165, 1.54) is 23.7 Å². The van der Waals surface area contributed by atoms with Crippen molar-refractivity contribution < 1.29 is 8.78 Å². The fourth-order valence-electron chi connectivity index (χ4n) is 2.06. The summed E-state index contributed by atoms with van der Waals surface area (Å²) in [6.07, 6.45) is 2.23. The second kappa shape index (κ2) is 5.42. The van der Waals surface area contributed by atoms with E-state index in [-0.39, 0.29) is 11.1 Å². The zero-order valence-electron chi connectivity index (χ0n) is 11.8. The number of hydrogen-bond donors (Lipinski definition) is 0. The first-order valence-electron chi connectivity index (χ1n) is 6.44. The summed E-state index contributed by atoms with van der Waals surface area (Å²) in [5, 5.41) is 4.32. The highest BCUT2D eigenvalue weighted by atomic mass is 32.1. The number of fused-ring (bicyclic) bond motifs is 1. The molecule has 2 aromatic heterocycles. The smallest absolute Gasteiger partial charge is 0.267 e. The molecule has 22 heavy (non-hydrogen) atoms. The molecule has 2 heterocycles. The van der Waals surface area contributed by atoms with Crippen LogP contribution >= 0.6 is 11.3 Å². The van der Waals surface area contributed by atoms with E-state index in [2.05, 4.69) is 10.1 Å². The molecule has 0 unspecified atom stereocenters. The quantitative estimate of drug-likeness (QED) is 0.681. The molecule has 3 rings (SSSR count). The topological polar surface area (TPSA) is 47.2 Å². The van der Waals surface area contributed by atoms with Gasteiger partial charge in [-0.15, -0.1) is 11.3 Å². The maximum Gasteiger partial charge on any atom is 0.282 e. The van der Waals surface area contributed by atoms with Gasteiger partial charge in [0.15, 0.2) is 0 Å². The summed E-state index contributed by atoms with van der Waals surface area (Å²) in [6.45, 7) is 3.74. The normalized spacial score (nSPS) is 11.6. The van der Waals surface area contributed by atoms with E-state index in [9.17, 15) is 13.6 Å². The van der Waals surface area contributed by atoms with Crippen molar-refractivity contribution in [1.82, 2.24) is 9.66 Å². The summed E-state index contributed by atoms with van der Waals surface area (Å²) in [5.74, 6) is -1.48. The molecule has 0 aliphatic rings. The molecule has 3 aromatic rings. The first kappa shape index (κ1) is 14.5. The van der Waals surface area contributed by atoms with Crippen molar-refractivity contribution >= 4 is 27.8 Å². The molecule has 0 radical (unpaired) electrons. The van der Waals surface area contributed by atoms with Gasteiger partial charge in [-0.2, -0.15) is 9.78 Å². The first-order chi connectivity index (χ1) is 10.5. The van der Waals surface area contributed by atoms with Gasteiger partial charge in [0.05, 0.1) is 17.2 Å². The van der Waals surface area contributed by atoms with Gasteiger partial charge in [0, 0.05) is 4.88 Å². The van der Waals surface area contributed by atoms with Crippen LogP contribution in [0.2, 0.25) is 0 Å². The number of nitrogens with zero attached hydrogens (tertiary/aromatic N) is 3. The molecule has 0 aliphatic heterocycles. The van der Waals surface area contributed by atoms with E-state index in [0.717, 1.165) is 33.5 Å². The lowest BCUT2D eigenvalue weighted by molar-refractivity contribution is 0.579. The van der Waals surface area contributed by atoms with Gasteiger partial charge in [-0.05, 0) is 31.5 Å². The molecule has 0 saturated carbocycles. The molecule has 1 aromatic carbocycles. The number of thiophene rings is 1. The summed E-state index contributed by atoms with van der Waals surface area (Å²) in [5.41, 5.74) is 0.187. The van der Waals surface area contributed by atoms with E-state index in [0.29, 0.717) is 10.2 Å². The monoisotopic (exact) mass is 319 g/mol. The van der Waals surface area contributed by atoms with Crippen LogP contribution in [0, 0.1) is 25.5 Å². The molecule has 0 atom stereocenters. The Labute approximate surface area is 128 Å². The Morgan fingerprint density at radius 1 is 1.27 bits per heavy atom. The molecule has 0 bridgehead atoms. The Kier molecular flexibility index (Phi) is 3.58. The van der Waals surface area contributed by atoms with Gasteiger partial charge in [0.1, 0.15) is 22.8 Å². The number of hydrogen-bond acceptors (Lipinski definition) is 4. The molecule has 0 aliphatic carbocycles. The molecular weight excluding hydrogens is 308 g/mol. The van der Waals surface area contributed by atoms with Crippen LogP contribution in [-0.4, -0.2) is 15.9 Å². The van der Waals surface area contributed by atoms with E-state index < -0.39 is 11.6 Å². The second-order valence-corrected chi connectivity index (χ2v) is 5.94. The van der Waals surface area contributed by atoms with E-state index >= 15 is 0 Å². The SMILES string of the molecule is Cc1sc2ncn(/N=C/c3c(F)cccc3F)c(=O)c2c1C.